The molecule has 0 atom stereocenters. The number of hydrogen-bond acceptors (Lipinski definition) is 4. The van der Waals surface area contributed by atoms with Crippen molar-refractivity contribution in [1.82, 2.24) is 0 Å². The summed E-state index contributed by atoms with van der Waals surface area (Å²) < 4.78 is 5.17. The number of nitrogens with zero attached hydrogens (tertiary/aromatic N) is 1. The van der Waals surface area contributed by atoms with Gasteiger partial charge in [0.2, 0.25) is 0 Å². The minimum Gasteiger partial charge on any atom is -0.496 e. The van der Waals surface area contributed by atoms with Crippen molar-refractivity contribution in [2.24, 2.45) is 11.1 Å². The Morgan fingerprint density at radius 2 is 2.00 bits per heavy atom. The van der Waals surface area contributed by atoms with Crippen LogP contribution in [0.5, 0.6) is 5.75 Å². The number of non-ortho nitro benzene ring substituents is 1. The van der Waals surface area contributed by atoms with Gasteiger partial charge >= 0.3 is 0 Å². The van der Waals surface area contributed by atoms with Crippen molar-refractivity contribution in [3.8, 4) is 5.75 Å². The van der Waals surface area contributed by atoms with Gasteiger partial charge in [-0.3, -0.25) is 10.1 Å². The standard InChI is InChI=1S/C15H22N2O3/c1-20-14-8-12(7-13(9-14)17(18)19)10-15(11-16)5-3-2-4-6-15/h7-9H,2-6,10-11,16H2,1H3. The van der Waals surface area contributed by atoms with E-state index in [-0.39, 0.29) is 16.0 Å². The average Bonchev–Trinajstić information content (AvgIpc) is 2.47. The molecule has 2 rings (SSSR count). The van der Waals surface area contributed by atoms with Crippen molar-refractivity contribution >= 4 is 5.69 Å². The maximum Gasteiger partial charge on any atom is 0.273 e. The van der Waals surface area contributed by atoms with Crippen LogP contribution in [0.4, 0.5) is 5.69 Å². The minimum atomic E-state index is -0.373. The fraction of sp³-hybridized carbons (Fsp3) is 0.600. The first-order valence-electron chi connectivity index (χ1n) is 7.11. The summed E-state index contributed by atoms with van der Waals surface area (Å²) in [6.07, 6.45) is 6.66. The van der Waals surface area contributed by atoms with Gasteiger partial charge in [-0.25, -0.2) is 0 Å². The monoisotopic (exact) mass is 278 g/mol. The third-order valence-electron chi connectivity index (χ3n) is 4.32. The molecular formula is C15H22N2O3. The summed E-state index contributed by atoms with van der Waals surface area (Å²) in [5.41, 5.74) is 7.12. The van der Waals surface area contributed by atoms with Gasteiger partial charge in [0.1, 0.15) is 5.75 Å². The van der Waals surface area contributed by atoms with Gasteiger partial charge < -0.3 is 10.5 Å². The largest absolute Gasteiger partial charge is 0.496 e. The lowest BCUT2D eigenvalue weighted by Gasteiger charge is -2.36. The molecule has 2 N–H and O–H groups in total. The SMILES string of the molecule is COc1cc(CC2(CN)CCCCC2)cc([N+](=O)[O-])c1. The van der Waals surface area contributed by atoms with E-state index < -0.39 is 0 Å². The molecule has 0 heterocycles. The van der Waals surface area contributed by atoms with Crippen LogP contribution in [0.1, 0.15) is 37.7 Å². The molecule has 1 aliphatic rings. The lowest BCUT2D eigenvalue weighted by atomic mass is 9.70. The lowest BCUT2D eigenvalue weighted by Crippen LogP contribution is -2.34. The Labute approximate surface area is 119 Å². The Morgan fingerprint density at radius 1 is 1.30 bits per heavy atom. The summed E-state index contributed by atoms with van der Waals surface area (Å²) in [6.45, 7) is 0.637. The van der Waals surface area contributed by atoms with Crippen molar-refractivity contribution in [3.63, 3.8) is 0 Å². The van der Waals surface area contributed by atoms with Crippen LogP contribution in [-0.2, 0) is 6.42 Å². The van der Waals surface area contributed by atoms with Gasteiger partial charge in [0, 0.05) is 6.07 Å². The highest BCUT2D eigenvalue weighted by molar-refractivity contribution is 5.43. The first-order valence-corrected chi connectivity index (χ1v) is 7.11. The van der Waals surface area contributed by atoms with Crippen LogP contribution >= 0.6 is 0 Å². The maximum absolute atomic E-state index is 11.0. The number of methoxy groups -OCH3 is 1. The van der Waals surface area contributed by atoms with Crippen LogP contribution in [0.25, 0.3) is 0 Å². The van der Waals surface area contributed by atoms with E-state index in [1.807, 2.05) is 6.07 Å². The van der Waals surface area contributed by atoms with Crippen LogP contribution in [0.2, 0.25) is 0 Å². The van der Waals surface area contributed by atoms with Gasteiger partial charge in [0.15, 0.2) is 0 Å². The molecule has 0 spiro atoms. The second-order valence-electron chi connectivity index (χ2n) is 5.74. The molecule has 0 aromatic heterocycles. The van der Waals surface area contributed by atoms with E-state index in [0.29, 0.717) is 12.3 Å². The van der Waals surface area contributed by atoms with Gasteiger partial charge in [-0.1, -0.05) is 19.3 Å². The topological polar surface area (TPSA) is 78.4 Å². The van der Waals surface area contributed by atoms with Gasteiger partial charge in [-0.2, -0.15) is 0 Å². The van der Waals surface area contributed by atoms with E-state index in [9.17, 15) is 10.1 Å². The predicted octanol–water partition coefficient (Wildman–Crippen LogP) is 3.06. The zero-order chi connectivity index (χ0) is 14.6. The molecule has 110 valence electrons. The molecular weight excluding hydrogens is 256 g/mol. The highest BCUT2D eigenvalue weighted by Crippen LogP contribution is 2.39. The Balaban J connectivity index is 2.27. The zero-order valence-electron chi connectivity index (χ0n) is 11.9. The molecule has 1 aromatic rings. The average molecular weight is 278 g/mol. The summed E-state index contributed by atoms with van der Waals surface area (Å²) in [6, 6.07) is 4.99. The molecule has 0 amide bonds. The molecule has 0 bridgehead atoms. The van der Waals surface area contributed by atoms with E-state index in [2.05, 4.69) is 0 Å². The Morgan fingerprint density at radius 3 is 2.55 bits per heavy atom. The number of rotatable bonds is 5. The maximum atomic E-state index is 11.0. The lowest BCUT2D eigenvalue weighted by molar-refractivity contribution is -0.385. The zero-order valence-corrected chi connectivity index (χ0v) is 11.9. The van der Waals surface area contributed by atoms with Gasteiger partial charge in [0.05, 0.1) is 18.1 Å². The van der Waals surface area contributed by atoms with E-state index in [1.165, 1.54) is 32.4 Å². The quantitative estimate of drug-likeness (QED) is 0.663. The number of nitro benzene ring substituents is 1. The molecule has 5 heteroatoms. The molecule has 0 radical (unpaired) electrons. The number of nitro groups is 1. The Bertz CT molecular complexity index is 482. The Kier molecular flexibility index (Phi) is 4.60. The fourth-order valence-corrected chi connectivity index (χ4v) is 3.16. The van der Waals surface area contributed by atoms with Crippen molar-refractivity contribution in [1.29, 1.82) is 0 Å². The normalized spacial score (nSPS) is 17.7. The molecule has 1 saturated carbocycles. The van der Waals surface area contributed by atoms with E-state index >= 15 is 0 Å². The summed E-state index contributed by atoms with van der Waals surface area (Å²) in [5.74, 6) is 0.539. The van der Waals surface area contributed by atoms with Crippen molar-refractivity contribution in [2.45, 2.75) is 38.5 Å². The van der Waals surface area contributed by atoms with Gasteiger partial charge in [0.25, 0.3) is 5.69 Å². The first kappa shape index (κ1) is 14.8. The smallest absolute Gasteiger partial charge is 0.273 e. The molecule has 1 fully saturated rings. The molecule has 20 heavy (non-hydrogen) atoms. The third kappa shape index (κ3) is 3.28. The summed E-state index contributed by atoms with van der Waals surface area (Å²) in [7, 11) is 1.53. The van der Waals surface area contributed by atoms with Gasteiger partial charge in [-0.05, 0) is 42.9 Å². The van der Waals surface area contributed by atoms with Crippen molar-refractivity contribution in [2.75, 3.05) is 13.7 Å². The molecule has 1 aliphatic carbocycles. The van der Waals surface area contributed by atoms with Crippen LogP contribution in [0.15, 0.2) is 18.2 Å². The van der Waals surface area contributed by atoms with Gasteiger partial charge in [-0.15, -0.1) is 0 Å². The molecule has 0 saturated heterocycles. The number of nitrogens with two attached hydrogens (primary N) is 1. The number of ether oxygens (including phenoxy) is 1. The van der Waals surface area contributed by atoms with Crippen LogP contribution in [-0.4, -0.2) is 18.6 Å². The predicted molar refractivity (Wildman–Crippen MR) is 77.9 cm³/mol. The summed E-state index contributed by atoms with van der Waals surface area (Å²) in [4.78, 5) is 10.6. The minimum absolute atomic E-state index is 0.0855. The second kappa shape index (κ2) is 6.22. The molecule has 5 nitrogen and oxygen atoms in total. The van der Waals surface area contributed by atoms with Crippen LogP contribution < -0.4 is 10.5 Å². The Hall–Kier alpha value is -1.62. The van der Waals surface area contributed by atoms with Crippen molar-refractivity contribution in [3.05, 3.63) is 33.9 Å². The summed E-state index contributed by atoms with van der Waals surface area (Å²) >= 11 is 0. The fourth-order valence-electron chi connectivity index (χ4n) is 3.16. The van der Waals surface area contributed by atoms with E-state index in [4.69, 9.17) is 10.5 Å². The van der Waals surface area contributed by atoms with E-state index in [0.717, 1.165) is 24.8 Å². The van der Waals surface area contributed by atoms with Crippen molar-refractivity contribution < 1.29 is 9.66 Å². The molecule has 0 aliphatic heterocycles. The van der Waals surface area contributed by atoms with E-state index in [1.54, 1.807) is 6.07 Å². The second-order valence-corrected chi connectivity index (χ2v) is 5.74. The summed E-state index contributed by atoms with van der Waals surface area (Å²) in [5, 5.41) is 11.0. The highest BCUT2D eigenvalue weighted by Gasteiger charge is 2.31. The van der Waals surface area contributed by atoms with Crippen LogP contribution in [0, 0.1) is 15.5 Å². The number of hydrogen-bond donors (Lipinski definition) is 1. The first-order chi connectivity index (χ1) is 9.58. The van der Waals surface area contributed by atoms with Crippen LogP contribution in [0.3, 0.4) is 0 Å². The highest BCUT2D eigenvalue weighted by atomic mass is 16.6. The number of benzene rings is 1. The molecule has 0 unspecified atom stereocenters. The third-order valence-corrected chi connectivity index (χ3v) is 4.32. The molecule has 1 aromatic carbocycles.